The Morgan fingerprint density at radius 1 is 1.53 bits per heavy atom. The van der Waals surface area contributed by atoms with Crippen molar-refractivity contribution in [1.82, 2.24) is 4.90 Å². The summed E-state index contributed by atoms with van der Waals surface area (Å²) < 4.78 is 11.6. The third-order valence-electron chi connectivity index (χ3n) is 3.23. The Morgan fingerprint density at radius 2 is 2.24 bits per heavy atom. The van der Waals surface area contributed by atoms with Crippen LogP contribution in [0.25, 0.3) is 0 Å². The molecule has 0 unspecified atom stereocenters. The van der Waals surface area contributed by atoms with Crippen molar-refractivity contribution in [2.24, 2.45) is 0 Å². The standard InChI is InChI=1S/C11H18NO3.ClH.Hg/c1-11(2,3)15-10(13)12-6-4-9-8(12)5-7-14-9;;/h5,8-9H,4,6-7H2,1-3H3;1H;/q;;+1/p-1/t8-,9-;;/m1../s1. The van der Waals surface area contributed by atoms with Crippen molar-refractivity contribution < 1.29 is 37.6 Å². The van der Waals surface area contributed by atoms with Gasteiger partial charge in [0, 0.05) is 0 Å². The van der Waals surface area contributed by atoms with Crippen LogP contribution in [0.2, 0.25) is 3.43 Å². The summed E-state index contributed by atoms with van der Waals surface area (Å²) >= 11 is -1.39. The Kier molecular flexibility index (Phi) is 4.26. The van der Waals surface area contributed by atoms with Crippen LogP contribution in [0.5, 0.6) is 0 Å². The number of rotatable bonds is 1. The molecule has 94 valence electrons. The molecule has 2 heterocycles. The fourth-order valence-corrected chi connectivity index (χ4v) is 8.68. The van der Waals surface area contributed by atoms with Crippen molar-refractivity contribution in [3.63, 3.8) is 0 Å². The molecule has 0 aromatic heterocycles. The summed E-state index contributed by atoms with van der Waals surface area (Å²) in [6.45, 7) is 7.17. The Morgan fingerprint density at radius 3 is 2.82 bits per heavy atom. The third-order valence-corrected chi connectivity index (χ3v) is 11.0. The summed E-state index contributed by atoms with van der Waals surface area (Å²) in [6.07, 6.45) is 0.913. The normalized spacial score (nSPS) is 32.2. The topological polar surface area (TPSA) is 38.8 Å². The Labute approximate surface area is 118 Å². The molecular weight excluding hydrogens is 430 g/mol. The van der Waals surface area contributed by atoms with Crippen molar-refractivity contribution in [3.05, 3.63) is 0 Å². The number of carbonyl (C=O) groups is 1. The number of hydrogen-bond donors (Lipinski definition) is 0. The van der Waals surface area contributed by atoms with Crippen LogP contribution in [0.4, 0.5) is 4.79 Å². The van der Waals surface area contributed by atoms with Gasteiger partial charge in [0.1, 0.15) is 0 Å². The predicted octanol–water partition coefficient (Wildman–Crippen LogP) is 2.42. The van der Waals surface area contributed by atoms with E-state index in [1.54, 1.807) is 0 Å². The van der Waals surface area contributed by atoms with Crippen LogP contribution in [0.1, 0.15) is 27.2 Å². The molecule has 0 aromatic rings. The van der Waals surface area contributed by atoms with Gasteiger partial charge in [-0.2, -0.15) is 0 Å². The first-order chi connectivity index (χ1) is 7.92. The Bertz CT molecular complexity index is 308. The zero-order valence-electron chi connectivity index (χ0n) is 10.6. The van der Waals surface area contributed by atoms with Gasteiger partial charge in [-0.25, -0.2) is 0 Å². The van der Waals surface area contributed by atoms with E-state index in [0.29, 0.717) is 3.43 Å². The average molecular weight is 448 g/mol. The van der Waals surface area contributed by atoms with E-state index in [0.717, 1.165) is 19.6 Å². The monoisotopic (exact) mass is 449 g/mol. The number of amides is 1. The van der Waals surface area contributed by atoms with E-state index in [1.807, 2.05) is 25.7 Å². The Balaban J connectivity index is 2.04. The fraction of sp³-hybridized carbons (Fsp3) is 0.909. The van der Waals surface area contributed by atoms with E-state index in [-0.39, 0.29) is 18.2 Å². The van der Waals surface area contributed by atoms with Crippen LogP contribution >= 0.6 is 8.25 Å². The molecule has 17 heavy (non-hydrogen) atoms. The molecule has 2 aliphatic heterocycles. The second kappa shape index (κ2) is 5.21. The van der Waals surface area contributed by atoms with Crippen LogP contribution in [0.15, 0.2) is 0 Å². The molecule has 2 rings (SSSR count). The van der Waals surface area contributed by atoms with E-state index in [1.165, 1.54) is 0 Å². The third kappa shape index (κ3) is 3.07. The van der Waals surface area contributed by atoms with Crippen molar-refractivity contribution in [2.45, 2.75) is 48.4 Å². The predicted molar refractivity (Wildman–Crippen MR) is 60.7 cm³/mol. The van der Waals surface area contributed by atoms with Gasteiger partial charge in [0.05, 0.1) is 0 Å². The van der Waals surface area contributed by atoms with Crippen molar-refractivity contribution in [3.8, 4) is 0 Å². The molecular formula is C11H18ClHgNO3. The number of nitrogens with zero attached hydrogens (tertiary/aromatic N) is 1. The molecule has 0 spiro atoms. The summed E-state index contributed by atoms with van der Waals surface area (Å²) in [5, 5.41) is 0. The molecule has 2 saturated heterocycles. The number of halogens is 1. The molecule has 0 radical (unpaired) electrons. The summed E-state index contributed by atoms with van der Waals surface area (Å²) in [6, 6.07) is 0.198. The number of likely N-dealkylation sites (tertiary alicyclic amines) is 1. The first kappa shape index (κ1) is 13.9. The molecule has 0 saturated carbocycles. The molecule has 1 amide bonds. The van der Waals surface area contributed by atoms with E-state index in [9.17, 15) is 4.79 Å². The molecule has 2 aliphatic rings. The van der Waals surface area contributed by atoms with E-state index >= 15 is 0 Å². The zero-order chi connectivity index (χ0) is 12.6. The van der Waals surface area contributed by atoms with Gasteiger partial charge in [0.2, 0.25) is 0 Å². The van der Waals surface area contributed by atoms with Crippen LogP contribution < -0.4 is 0 Å². The molecule has 0 bridgehead atoms. The van der Waals surface area contributed by atoms with Crippen LogP contribution in [0.3, 0.4) is 0 Å². The Hall–Kier alpha value is 0.455. The minimum absolute atomic E-state index is 0.198. The molecule has 0 N–H and O–H groups in total. The maximum atomic E-state index is 12.1. The fourth-order valence-electron chi connectivity index (χ4n) is 2.54. The molecule has 2 fully saturated rings. The van der Waals surface area contributed by atoms with Crippen LogP contribution in [-0.4, -0.2) is 41.9 Å². The van der Waals surface area contributed by atoms with Gasteiger partial charge in [0.15, 0.2) is 0 Å². The quantitative estimate of drug-likeness (QED) is 0.579. The SMILES string of the molecule is CC(C)(C)OC(=O)N1CC[C@H]2OC[C@H]([Hg][Cl])[C@H]21. The van der Waals surface area contributed by atoms with Gasteiger partial charge < -0.3 is 0 Å². The van der Waals surface area contributed by atoms with Gasteiger partial charge in [-0.1, -0.05) is 0 Å². The van der Waals surface area contributed by atoms with Gasteiger partial charge in [-0.15, -0.1) is 0 Å². The first-order valence-corrected chi connectivity index (χ1v) is 16.0. The van der Waals surface area contributed by atoms with Crippen molar-refractivity contribution >= 4 is 14.3 Å². The van der Waals surface area contributed by atoms with Crippen molar-refractivity contribution in [2.75, 3.05) is 13.2 Å². The van der Waals surface area contributed by atoms with E-state index in [4.69, 9.17) is 17.7 Å². The average Bonchev–Trinajstić information content (AvgIpc) is 2.73. The number of ether oxygens (including phenoxy) is 2. The van der Waals surface area contributed by atoms with Gasteiger partial charge in [-0.05, 0) is 0 Å². The zero-order valence-corrected chi connectivity index (χ0v) is 16.9. The maximum absolute atomic E-state index is 12.1. The molecule has 0 aliphatic carbocycles. The number of fused-ring (bicyclic) bond motifs is 1. The summed E-state index contributed by atoms with van der Waals surface area (Å²) in [5.74, 6) is 0. The van der Waals surface area contributed by atoms with Gasteiger partial charge in [0.25, 0.3) is 0 Å². The second-order valence-corrected chi connectivity index (χ2v) is 13.7. The summed E-state index contributed by atoms with van der Waals surface area (Å²) in [5.41, 5.74) is -0.435. The van der Waals surface area contributed by atoms with Gasteiger partial charge in [-0.3, -0.25) is 0 Å². The summed E-state index contributed by atoms with van der Waals surface area (Å²) in [4.78, 5) is 13.9. The van der Waals surface area contributed by atoms with E-state index < -0.39 is 28.9 Å². The molecule has 0 aromatic carbocycles. The number of carbonyl (C=O) groups excluding carboxylic acids is 1. The van der Waals surface area contributed by atoms with E-state index in [2.05, 4.69) is 0 Å². The van der Waals surface area contributed by atoms with Gasteiger partial charge >= 0.3 is 118 Å². The number of hydrogen-bond acceptors (Lipinski definition) is 3. The van der Waals surface area contributed by atoms with Crippen molar-refractivity contribution in [1.29, 1.82) is 0 Å². The molecule has 4 nitrogen and oxygen atoms in total. The minimum atomic E-state index is -1.39. The molecule has 6 heteroatoms. The second-order valence-electron chi connectivity index (χ2n) is 5.74. The first-order valence-electron chi connectivity index (χ1n) is 6.09. The molecule has 3 atom stereocenters. The van der Waals surface area contributed by atoms with Crippen LogP contribution in [0, 0.1) is 0 Å². The summed E-state index contributed by atoms with van der Waals surface area (Å²) in [7, 11) is 6.14. The van der Waals surface area contributed by atoms with Crippen LogP contribution in [-0.2, 0) is 32.8 Å².